The summed E-state index contributed by atoms with van der Waals surface area (Å²) in [6.07, 6.45) is 1.16. The molecule has 3 rings (SSSR count). The number of fused-ring (bicyclic) bond motifs is 1. The van der Waals surface area contributed by atoms with E-state index in [0.29, 0.717) is 36.7 Å². The van der Waals surface area contributed by atoms with Crippen LogP contribution in [0, 0.1) is 0 Å². The first kappa shape index (κ1) is 18.6. The zero-order chi connectivity index (χ0) is 18.9. The zero-order valence-electron chi connectivity index (χ0n) is 15.0. The lowest BCUT2D eigenvalue weighted by Gasteiger charge is -2.28. The number of sulfone groups is 1. The molecule has 0 N–H and O–H groups in total. The summed E-state index contributed by atoms with van der Waals surface area (Å²) >= 11 is 0. The number of benzene rings is 1. The average Bonchev–Trinajstić information content (AvgIpc) is 2.99. The maximum Gasteiger partial charge on any atom is 0.275 e. The van der Waals surface area contributed by atoms with E-state index >= 15 is 0 Å². The SMILES string of the molecule is CCCN(C(=O)c1nn(CC)c(=O)c2ccccc12)C1CCS(=O)(=O)C1. The molecule has 140 valence electrons. The van der Waals surface area contributed by atoms with E-state index in [-0.39, 0.29) is 34.7 Å². The third-order valence-corrected chi connectivity index (χ3v) is 6.49. The molecule has 8 heteroatoms. The van der Waals surface area contributed by atoms with E-state index in [9.17, 15) is 18.0 Å². The molecule has 0 spiro atoms. The van der Waals surface area contributed by atoms with Gasteiger partial charge in [-0.15, -0.1) is 0 Å². The van der Waals surface area contributed by atoms with Gasteiger partial charge in [0.2, 0.25) is 0 Å². The first-order chi connectivity index (χ1) is 12.4. The van der Waals surface area contributed by atoms with Crippen LogP contribution in [0.15, 0.2) is 29.1 Å². The zero-order valence-corrected chi connectivity index (χ0v) is 15.8. The second kappa shape index (κ2) is 7.19. The van der Waals surface area contributed by atoms with Crippen molar-refractivity contribution in [3.8, 4) is 0 Å². The Balaban J connectivity index is 2.10. The fourth-order valence-corrected chi connectivity index (χ4v) is 5.19. The topological polar surface area (TPSA) is 89.3 Å². The van der Waals surface area contributed by atoms with Crippen LogP contribution >= 0.6 is 0 Å². The first-order valence-corrected chi connectivity index (χ1v) is 10.7. The summed E-state index contributed by atoms with van der Waals surface area (Å²) in [4.78, 5) is 27.4. The van der Waals surface area contributed by atoms with Gasteiger partial charge in [0.05, 0.1) is 16.9 Å². The van der Waals surface area contributed by atoms with Crippen molar-refractivity contribution < 1.29 is 13.2 Å². The molecule has 7 nitrogen and oxygen atoms in total. The Kier molecular flexibility index (Phi) is 5.13. The second-order valence-electron chi connectivity index (χ2n) is 6.57. The van der Waals surface area contributed by atoms with Gasteiger partial charge in [-0.25, -0.2) is 13.1 Å². The van der Waals surface area contributed by atoms with Crippen molar-refractivity contribution in [3.63, 3.8) is 0 Å². The molecular formula is C18H23N3O4S. The normalized spacial score (nSPS) is 18.9. The van der Waals surface area contributed by atoms with Crippen LogP contribution < -0.4 is 5.56 Å². The van der Waals surface area contributed by atoms with E-state index in [2.05, 4.69) is 5.10 Å². The summed E-state index contributed by atoms with van der Waals surface area (Å²) in [5.74, 6) is -0.218. The maximum atomic E-state index is 13.3. The van der Waals surface area contributed by atoms with Crippen LogP contribution in [0.25, 0.3) is 10.8 Å². The van der Waals surface area contributed by atoms with Crippen LogP contribution in [0.3, 0.4) is 0 Å². The van der Waals surface area contributed by atoms with E-state index < -0.39 is 9.84 Å². The summed E-state index contributed by atoms with van der Waals surface area (Å²) in [5, 5.41) is 5.25. The van der Waals surface area contributed by atoms with E-state index in [1.807, 2.05) is 6.92 Å². The van der Waals surface area contributed by atoms with E-state index in [1.54, 1.807) is 36.1 Å². The molecule has 1 aliphatic rings. The molecule has 1 amide bonds. The summed E-state index contributed by atoms with van der Waals surface area (Å²) in [6.45, 7) is 4.56. The van der Waals surface area contributed by atoms with Gasteiger partial charge in [-0.05, 0) is 25.8 Å². The van der Waals surface area contributed by atoms with E-state index in [1.165, 1.54) is 4.68 Å². The number of carbonyl (C=O) groups excluding carboxylic acids is 1. The minimum atomic E-state index is -3.11. The standard InChI is InChI=1S/C18H23N3O4S/c1-3-10-20(13-9-11-26(24,25)12-13)18(23)16-14-7-5-6-8-15(14)17(22)21(4-2)19-16/h5-8,13H,3-4,9-12H2,1-2H3. The molecule has 1 aromatic carbocycles. The second-order valence-corrected chi connectivity index (χ2v) is 8.80. The van der Waals surface area contributed by atoms with E-state index in [0.717, 1.165) is 0 Å². The smallest absolute Gasteiger partial charge is 0.275 e. The number of hydrogen-bond donors (Lipinski definition) is 0. The minimum absolute atomic E-state index is 0.00983. The maximum absolute atomic E-state index is 13.3. The summed E-state index contributed by atoms with van der Waals surface area (Å²) in [5.41, 5.74) is -0.0232. The molecule has 0 bridgehead atoms. The predicted octanol–water partition coefficient (Wildman–Crippen LogP) is 1.46. The van der Waals surface area contributed by atoms with Crippen LogP contribution in [-0.4, -0.2) is 53.1 Å². The number of amides is 1. The summed E-state index contributed by atoms with van der Waals surface area (Å²) < 4.78 is 25.0. The van der Waals surface area contributed by atoms with Gasteiger partial charge < -0.3 is 4.90 Å². The number of rotatable bonds is 5. The van der Waals surface area contributed by atoms with Crippen molar-refractivity contribution in [3.05, 3.63) is 40.3 Å². The lowest BCUT2D eigenvalue weighted by atomic mass is 10.1. The third-order valence-electron chi connectivity index (χ3n) is 4.74. The predicted molar refractivity (Wildman–Crippen MR) is 100 cm³/mol. The fraction of sp³-hybridized carbons (Fsp3) is 0.500. The molecule has 0 aliphatic carbocycles. The molecule has 26 heavy (non-hydrogen) atoms. The molecule has 0 saturated carbocycles. The highest BCUT2D eigenvalue weighted by Gasteiger charge is 2.35. The highest BCUT2D eigenvalue weighted by molar-refractivity contribution is 7.91. The number of aromatic nitrogens is 2. The van der Waals surface area contributed by atoms with Gasteiger partial charge in [-0.3, -0.25) is 9.59 Å². The molecule has 0 radical (unpaired) electrons. The largest absolute Gasteiger partial charge is 0.333 e. The Labute approximate surface area is 152 Å². The molecule has 2 aromatic rings. The molecular weight excluding hydrogens is 354 g/mol. The molecule has 1 aliphatic heterocycles. The lowest BCUT2D eigenvalue weighted by Crippen LogP contribution is -2.43. The molecule has 1 atom stereocenters. The third kappa shape index (κ3) is 3.38. The van der Waals surface area contributed by atoms with Gasteiger partial charge in [0.15, 0.2) is 15.5 Å². The molecule has 1 saturated heterocycles. The number of carbonyl (C=O) groups is 1. The average molecular weight is 377 g/mol. The first-order valence-electron chi connectivity index (χ1n) is 8.89. The van der Waals surface area contributed by atoms with E-state index in [4.69, 9.17) is 0 Å². The highest BCUT2D eigenvalue weighted by Crippen LogP contribution is 2.22. The monoisotopic (exact) mass is 377 g/mol. The van der Waals surface area contributed by atoms with Crippen molar-refractivity contribution in [1.29, 1.82) is 0 Å². The number of nitrogens with zero attached hydrogens (tertiary/aromatic N) is 3. The molecule has 1 fully saturated rings. The van der Waals surface area contributed by atoms with Crippen molar-refractivity contribution in [2.75, 3.05) is 18.1 Å². The highest BCUT2D eigenvalue weighted by atomic mass is 32.2. The summed E-state index contributed by atoms with van der Waals surface area (Å²) in [6, 6.07) is 6.58. The van der Waals surface area contributed by atoms with Crippen LogP contribution in [0.5, 0.6) is 0 Å². The Morgan fingerprint density at radius 1 is 1.27 bits per heavy atom. The number of aryl methyl sites for hydroxylation is 1. The van der Waals surface area contributed by atoms with Gasteiger partial charge in [-0.2, -0.15) is 5.10 Å². The van der Waals surface area contributed by atoms with Gasteiger partial charge >= 0.3 is 0 Å². The Hall–Kier alpha value is -2.22. The Bertz CT molecular complexity index is 997. The van der Waals surface area contributed by atoms with Gasteiger partial charge in [0.1, 0.15) is 0 Å². The van der Waals surface area contributed by atoms with Gasteiger partial charge in [0, 0.05) is 24.5 Å². The molecule has 1 aromatic heterocycles. The lowest BCUT2D eigenvalue weighted by molar-refractivity contribution is 0.0690. The van der Waals surface area contributed by atoms with Crippen molar-refractivity contribution in [2.24, 2.45) is 0 Å². The van der Waals surface area contributed by atoms with Crippen LogP contribution in [0.2, 0.25) is 0 Å². The van der Waals surface area contributed by atoms with Crippen molar-refractivity contribution >= 4 is 26.5 Å². The Morgan fingerprint density at radius 3 is 2.54 bits per heavy atom. The summed E-state index contributed by atoms with van der Waals surface area (Å²) in [7, 11) is -3.11. The number of hydrogen-bond acceptors (Lipinski definition) is 5. The van der Waals surface area contributed by atoms with Gasteiger partial charge in [0.25, 0.3) is 11.5 Å². The molecule has 2 heterocycles. The quantitative estimate of drug-likeness (QED) is 0.787. The van der Waals surface area contributed by atoms with Crippen molar-refractivity contribution in [2.45, 2.75) is 39.3 Å². The van der Waals surface area contributed by atoms with Crippen molar-refractivity contribution in [1.82, 2.24) is 14.7 Å². The van der Waals surface area contributed by atoms with Crippen LogP contribution in [-0.2, 0) is 16.4 Å². The Morgan fingerprint density at radius 2 is 1.96 bits per heavy atom. The fourth-order valence-electron chi connectivity index (χ4n) is 3.46. The van der Waals surface area contributed by atoms with Crippen LogP contribution in [0.1, 0.15) is 37.2 Å². The minimum Gasteiger partial charge on any atom is -0.333 e. The molecule has 1 unspecified atom stereocenters. The van der Waals surface area contributed by atoms with Gasteiger partial charge in [-0.1, -0.05) is 25.1 Å². The van der Waals surface area contributed by atoms with Crippen LogP contribution in [0.4, 0.5) is 0 Å².